The molecule has 0 bridgehead atoms. The predicted molar refractivity (Wildman–Crippen MR) is 119 cm³/mol. The van der Waals surface area contributed by atoms with Crippen molar-refractivity contribution in [3.8, 4) is 17.2 Å². The number of ether oxygens (including phenoxy) is 2. The van der Waals surface area contributed by atoms with Crippen molar-refractivity contribution in [3.05, 3.63) is 75.3 Å². The first-order valence-corrected chi connectivity index (χ1v) is 10.4. The number of hydrogen-bond donors (Lipinski definition) is 0. The second kappa shape index (κ2) is 7.74. The van der Waals surface area contributed by atoms with Crippen LogP contribution in [0.4, 0.5) is 0 Å². The van der Waals surface area contributed by atoms with E-state index in [2.05, 4.69) is 5.10 Å². The first-order valence-electron chi connectivity index (χ1n) is 10.0. The Kier molecular flexibility index (Phi) is 4.90. The molecule has 0 unspecified atom stereocenters. The Bertz CT molecular complexity index is 1320. The zero-order valence-corrected chi connectivity index (χ0v) is 18.0. The van der Waals surface area contributed by atoms with Crippen molar-refractivity contribution in [3.63, 3.8) is 0 Å². The number of halogens is 1. The van der Waals surface area contributed by atoms with Crippen LogP contribution in [0.5, 0.6) is 11.5 Å². The molecular formula is C23H21ClN4O3. The summed E-state index contributed by atoms with van der Waals surface area (Å²) in [7, 11) is 3.20. The van der Waals surface area contributed by atoms with Crippen LogP contribution in [-0.2, 0) is 6.54 Å². The summed E-state index contributed by atoms with van der Waals surface area (Å²) in [6.45, 7) is 0.294. The number of fused-ring (bicyclic) bond motifs is 1. The third kappa shape index (κ3) is 3.65. The molecule has 1 fully saturated rings. The highest BCUT2D eigenvalue weighted by molar-refractivity contribution is 6.30. The van der Waals surface area contributed by atoms with E-state index in [0.29, 0.717) is 34.5 Å². The van der Waals surface area contributed by atoms with Crippen LogP contribution >= 0.6 is 11.6 Å². The van der Waals surface area contributed by atoms with E-state index in [4.69, 9.17) is 26.2 Å². The molecule has 31 heavy (non-hydrogen) atoms. The Morgan fingerprint density at radius 3 is 2.48 bits per heavy atom. The molecule has 1 aliphatic rings. The molecule has 2 aromatic heterocycles. The largest absolute Gasteiger partial charge is 0.497 e. The van der Waals surface area contributed by atoms with Gasteiger partial charge in [-0.05, 0) is 48.7 Å². The minimum absolute atomic E-state index is 0.210. The maximum atomic E-state index is 13.5. The summed E-state index contributed by atoms with van der Waals surface area (Å²) in [6, 6.07) is 12.9. The number of benzene rings is 2. The molecule has 5 rings (SSSR count). The van der Waals surface area contributed by atoms with Crippen molar-refractivity contribution in [1.29, 1.82) is 0 Å². The fourth-order valence-electron chi connectivity index (χ4n) is 3.79. The minimum atomic E-state index is -0.210. The monoisotopic (exact) mass is 436 g/mol. The fraction of sp³-hybridized carbons (Fsp3) is 0.261. The summed E-state index contributed by atoms with van der Waals surface area (Å²) in [5.41, 5.74) is 2.81. The Labute approximate surface area is 183 Å². The van der Waals surface area contributed by atoms with Gasteiger partial charge in [0.25, 0.3) is 5.56 Å². The van der Waals surface area contributed by atoms with Crippen LogP contribution in [-0.4, -0.2) is 33.8 Å². The molecule has 4 aromatic rings. The lowest BCUT2D eigenvalue weighted by Crippen LogP contribution is -2.26. The van der Waals surface area contributed by atoms with Gasteiger partial charge in [0, 0.05) is 22.4 Å². The third-order valence-electron chi connectivity index (χ3n) is 5.47. The van der Waals surface area contributed by atoms with Crippen molar-refractivity contribution in [2.24, 2.45) is 0 Å². The van der Waals surface area contributed by atoms with Crippen LogP contribution in [0.1, 0.15) is 30.0 Å². The van der Waals surface area contributed by atoms with E-state index in [1.807, 2.05) is 24.3 Å². The molecule has 7 nitrogen and oxygen atoms in total. The van der Waals surface area contributed by atoms with Crippen LogP contribution in [0.2, 0.25) is 5.02 Å². The summed E-state index contributed by atoms with van der Waals surface area (Å²) in [6.07, 6.45) is 3.86. The molecule has 0 atom stereocenters. The van der Waals surface area contributed by atoms with Crippen LogP contribution in [0.15, 0.2) is 53.5 Å². The SMILES string of the molecule is COc1cc(Cn2nc(C3CC3)c3cnn(-c4cccc(Cl)c4)c3c2=O)cc(OC)c1. The maximum Gasteiger partial charge on any atom is 0.293 e. The summed E-state index contributed by atoms with van der Waals surface area (Å²) in [5.74, 6) is 1.68. The molecule has 1 saturated carbocycles. The predicted octanol–water partition coefficient (Wildman–Crippen LogP) is 4.18. The van der Waals surface area contributed by atoms with Gasteiger partial charge < -0.3 is 9.47 Å². The van der Waals surface area contributed by atoms with Gasteiger partial charge in [-0.3, -0.25) is 4.79 Å². The van der Waals surface area contributed by atoms with E-state index in [0.717, 1.165) is 35.2 Å². The normalized spacial score (nSPS) is 13.5. The van der Waals surface area contributed by atoms with Gasteiger partial charge in [0.2, 0.25) is 0 Å². The number of aromatic nitrogens is 4. The standard InChI is InChI=1S/C23H21ClN4O3/c1-30-18-8-14(9-19(11-18)31-2)13-27-23(29)22-20(21(26-27)15-6-7-15)12-25-28(22)17-5-3-4-16(24)10-17/h3-5,8-12,15H,6-7,13H2,1-2H3. The number of rotatable bonds is 6. The summed E-state index contributed by atoms with van der Waals surface area (Å²) >= 11 is 6.18. The van der Waals surface area contributed by atoms with Gasteiger partial charge in [-0.1, -0.05) is 17.7 Å². The van der Waals surface area contributed by atoms with Crippen molar-refractivity contribution in [2.45, 2.75) is 25.3 Å². The summed E-state index contributed by atoms with van der Waals surface area (Å²) in [4.78, 5) is 13.5. The van der Waals surface area contributed by atoms with E-state index in [9.17, 15) is 4.79 Å². The molecule has 0 radical (unpaired) electrons. The van der Waals surface area contributed by atoms with E-state index >= 15 is 0 Å². The molecule has 0 saturated heterocycles. The summed E-state index contributed by atoms with van der Waals surface area (Å²) < 4.78 is 13.9. The van der Waals surface area contributed by atoms with Gasteiger partial charge in [-0.25, -0.2) is 9.36 Å². The van der Waals surface area contributed by atoms with Gasteiger partial charge in [0.15, 0.2) is 0 Å². The van der Waals surface area contributed by atoms with Gasteiger partial charge in [-0.2, -0.15) is 10.2 Å². The fourth-order valence-corrected chi connectivity index (χ4v) is 3.98. The lowest BCUT2D eigenvalue weighted by molar-refractivity contribution is 0.393. The summed E-state index contributed by atoms with van der Waals surface area (Å²) in [5, 5.41) is 10.6. The molecule has 0 spiro atoms. The number of nitrogens with zero attached hydrogens (tertiary/aromatic N) is 4. The Morgan fingerprint density at radius 2 is 1.84 bits per heavy atom. The molecule has 2 heterocycles. The Morgan fingerprint density at radius 1 is 1.10 bits per heavy atom. The molecular weight excluding hydrogens is 416 g/mol. The van der Waals surface area contributed by atoms with E-state index in [1.165, 1.54) is 4.68 Å². The van der Waals surface area contributed by atoms with Gasteiger partial charge in [-0.15, -0.1) is 0 Å². The third-order valence-corrected chi connectivity index (χ3v) is 5.71. The molecule has 0 N–H and O–H groups in total. The van der Waals surface area contributed by atoms with Crippen molar-refractivity contribution in [2.75, 3.05) is 14.2 Å². The molecule has 1 aliphatic carbocycles. The first kappa shape index (κ1) is 19.6. The van der Waals surface area contributed by atoms with Crippen molar-refractivity contribution in [1.82, 2.24) is 19.6 Å². The highest BCUT2D eigenvalue weighted by Crippen LogP contribution is 2.41. The van der Waals surface area contributed by atoms with Crippen LogP contribution in [0.3, 0.4) is 0 Å². The first-order chi connectivity index (χ1) is 15.1. The van der Waals surface area contributed by atoms with E-state index in [-0.39, 0.29) is 5.56 Å². The molecule has 0 aliphatic heterocycles. The molecule has 8 heteroatoms. The molecule has 2 aromatic carbocycles. The van der Waals surface area contributed by atoms with Crippen molar-refractivity contribution >= 4 is 22.5 Å². The molecule has 158 valence electrons. The van der Waals surface area contributed by atoms with E-state index < -0.39 is 0 Å². The van der Waals surface area contributed by atoms with Crippen LogP contribution in [0, 0.1) is 0 Å². The van der Waals surface area contributed by atoms with E-state index in [1.54, 1.807) is 43.3 Å². The zero-order chi connectivity index (χ0) is 21.5. The second-order valence-corrected chi connectivity index (χ2v) is 8.08. The Balaban J connectivity index is 1.68. The van der Waals surface area contributed by atoms with Crippen LogP contribution < -0.4 is 15.0 Å². The lowest BCUT2D eigenvalue weighted by Gasteiger charge is -2.12. The minimum Gasteiger partial charge on any atom is -0.497 e. The van der Waals surface area contributed by atoms with Gasteiger partial charge in [0.1, 0.15) is 17.0 Å². The topological polar surface area (TPSA) is 71.2 Å². The van der Waals surface area contributed by atoms with Gasteiger partial charge in [0.05, 0.1) is 38.3 Å². The average Bonchev–Trinajstić information content (AvgIpc) is 3.52. The smallest absolute Gasteiger partial charge is 0.293 e. The molecule has 0 amide bonds. The highest BCUT2D eigenvalue weighted by atomic mass is 35.5. The quantitative estimate of drug-likeness (QED) is 0.453. The number of methoxy groups -OCH3 is 2. The maximum absolute atomic E-state index is 13.5. The highest BCUT2D eigenvalue weighted by Gasteiger charge is 2.30. The second-order valence-electron chi connectivity index (χ2n) is 7.64. The Hall–Kier alpha value is -3.32. The van der Waals surface area contributed by atoms with Crippen molar-refractivity contribution < 1.29 is 9.47 Å². The van der Waals surface area contributed by atoms with Crippen LogP contribution in [0.25, 0.3) is 16.6 Å². The van der Waals surface area contributed by atoms with Gasteiger partial charge >= 0.3 is 0 Å². The average molecular weight is 437 g/mol. The zero-order valence-electron chi connectivity index (χ0n) is 17.2. The number of hydrogen-bond acceptors (Lipinski definition) is 5. The lowest BCUT2D eigenvalue weighted by atomic mass is 10.1.